The zero-order valence-corrected chi connectivity index (χ0v) is 8.78. The minimum Gasteiger partial charge on any atom is -0.243 e. The summed E-state index contributed by atoms with van der Waals surface area (Å²) in [5.41, 5.74) is -1.98. The van der Waals surface area contributed by atoms with E-state index in [1.165, 1.54) is 13.0 Å². The molecule has 16 heavy (non-hydrogen) atoms. The van der Waals surface area contributed by atoms with E-state index in [2.05, 4.69) is 22.2 Å². The van der Waals surface area contributed by atoms with Gasteiger partial charge in [0.2, 0.25) is 0 Å². The molecule has 0 spiro atoms. The van der Waals surface area contributed by atoms with Gasteiger partial charge in [0.1, 0.15) is 6.07 Å². The summed E-state index contributed by atoms with van der Waals surface area (Å²) in [6.07, 6.45) is -3.59. The molecule has 0 bridgehead atoms. The highest BCUT2D eigenvalue weighted by Crippen LogP contribution is 2.36. The van der Waals surface area contributed by atoms with Crippen molar-refractivity contribution >= 4 is 23.1 Å². The van der Waals surface area contributed by atoms with Gasteiger partial charge in [-0.1, -0.05) is 0 Å². The van der Waals surface area contributed by atoms with Gasteiger partial charge in [-0.15, -0.1) is 0 Å². The van der Waals surface area contributed by atoms with Crippen molar-refractivity contribution in [2.24, 2.45) is 4.99 Å². The molecule has 0 aromatic carbocycles. The monoisotopic (exact) mass is 243 g/mol. The fraction of sp³-hybridized carbons (Fsp3) is 0.222. The van der Waals surface area contributed by atoms with Crippen LogP contribution >= 0.6 is 12.2 Å². The van der Waals surface area contributed by atoms with Gasteiger partial charge in [-0.05, 0) is 24.7 Å². The smallest absolute Gasteiger partial charge is 0.243 e. The van der Waals surface area contributed by atoms with Gasteiger partial charge in [-0.25, -0.2) is 4.98 Å². The fourth-order valence-electron chi connectivity index (χ4n) is 1.19. The molecular formula is C9H4F3N3S. The van der Waals surface area contributed by atoms with Crippen molar-refractivity contribution in [3.8, 4) is 6.07 Å². The summed E-state index contributed by atoms with van der Waals surface area (Å²) in [5, 5.41) is 10.5. The van der Waals surface area contributed by atoms with E-state index in [9.17, 15) is 13.2 Å². The van der Waals surface area contributed by atoms with E-state index in [0.717, 1.165) is 6.20 Å². The molecule has 0 N–H and O–H groups in total. The first kappa shape index (κ1) is 12.3. The lowest BCUT2D eigenvalue weighted by molar-refractivity contribution is -0.138. The standard InChI is InChI=1S/C9H4F3N3S/c1-5-7(15-4-16)3-14-6(2-13)8(5)9(10,11)12/h3H,1H3. The Balaban J connectivity index is 3.61. The highest BCUT2D eigenvalue weighted by atomic mass is 32.1. The van der Waals surface area contributed by atoms with Gasteiger partial charge in [-0.3, -0.25) is 0 Å². The first-order chi connectivity index (χ1) is 7.41. The topological polar surface area (TPSA) is 49.0 Å². The second-order valence-corrected chi connectivity index (χ2v) is 2.99. The Bertz CT molecular complexity index is 510. The number of nitriles is 1. The number of hydrogen-bond donors (Lipinski definition) is 0. The van der Waals surface area contributed by atoms with Crippen molar-refractivity contribution < 1.29 is 13.2 Å². The Morgan fingerprint density at radius 1 is 1.50 bits per heavy atom. The molecule has 0 aliphatic rings. The molecule has 1 aromatic rings. The van der Waals surface area contributed by atoms with Crippen LogP contribution in [0.25, 0.3) is 0 Å². The lowest BCUT2D eigenvalue weighted by Gasteiger charge is -2.12. The van der Waals surface area contributed by atoms with Crippen LogP contribution in [0.15, 0.2) is 11.2 Å². The van der Waals surface area contributed by atoms with E-state index in [4.69, 9.17) is 5.26 Å². The molecule has 0 saturated heterocycles. The number of halogens is 3. The zero-order chi connectivity index (χ0) is 12.3. The van der Waals surface area contributed by atoms with Gasteiger partial charge in [0.05, 0.1) is 22.6 Å². The lowest BCUT2D eigenvalue weighted by atomic mass is 10.1. The van der Waals surface area contributed by atoms with Gasteiger partial charge in [0.25, 0.3) is 0 Å². The van der Waals surface area contributed by atoms with E-state index >= 15 is 0 Å². The van der Waals surface area contributed by atoms with Crippen molar-refractivity contribution in [3.05, 3.63) is 23.0 Å². The predicted molar refractivity (Wildman–Crippen MR) is 53.4 cm³/mol. The number of rotatable bonds is 1. The fourth-order valence-corrected chi connectivity index (χ4v) is 1.28. The van der Waals surface area contributed by atoms with Crippen molar-refractivity contribution in [2.45, 2.75) is 13.1 Å². The van der Waals surface area contributed by atoms with Crippen molar-refractivity contribution in [2.75, 3.05) is 0 Å². The summed E-state index contributed by atoms with van der Waals surface area (Å²) in [6, 6.07) is 1.39. The van der Waals surface area contributed by atoms with Crippen LogP contribution in [0.4, 0.5) is 18.9 Å². The molecule has 0 fully saturated rings. The molecule has 0 aliphatic heterocycles. The molecule has 0 saturated carbocycles. The molecule has 0 amide bonds. The number of isothiocyanates is 1. The Labute approximate surface area is 94.3 Å². The molecular weight excluding hydrogens is 239 g/mol. The van der Waals surface area contributed by atoms with Crippen LogP contribution in [0.2, 0.25) is 0 Å². The number of aromatic nitrogens is 1. The quantitative estimate of drug-likeness (QED) is 0.562. The second-order valence-electron chi connectivity index (χ2n) is 2.80. The summed E-state index contributed by atoms with van der Waals surface area (Å²) >= 11 is 4.30. The molecule has 0 aliphatic carbocycles. The normalized spacial score (nSPS) is 10.4. The highest BCUT2D eigenvalue weighted by molar-refractivity contribution is 7.78. The van der Waals surface area contributed by atoms with Gasteiger partial charge >= 0.3 is 6.18 Å². The lowest BCUT2D eigenvalue weighted by Crippen LogP contribution is -2.11. The Kier molecular flexibility index (Phi) is 3.38. The second kappa shape index (κ2) is 4.39. The van der Waals surface area contributed by atoms with Crippen molar-refractivity contribution in [1.29, 1.82) is 5.26 Å². The largest absolute Gasteiger partial charge is 0.419 e. The molecule has 3 nitrogen and oxygen atoms in total. The van der Waals surface area contributed by atoms with Crippen molar-refractivity contribution in [3.63, 3.8) is 0 Å². The zero-order valence-electron chi connectivity index (χ0n) is 7.96. The minimum atomic E-state index is -4.64. The summed E-state index contributed by atoms with van der Waals surface area (Å²) in [4.78, 5) is 6.83. The minimum absolute atomic E-state index is 0.0404. The number of nitrogens with zero attached hydrogens (tertiary/aromatic N) is 3. The first-order valence-corrected chi connectivity index (χ1v) is 4.37. The molecule has 0 radical (unpaired) electrons. The Morgan fingerprint density at radius 3 is 2.56 bits per heavy atom. The maximum atomic E-state index is 12.6. The number of pyridine rings is 1. The molecule has 82 valence electrons. The number of aliphatic imine (C=N–C) groups is 1. The summed E-state index contributed by atoms with van der Waals surface area (Å²) in [5.74, 6) is 0. The third kappa shape index (κ3) is 2.24. The van der Waals surface area contributed by atoms with Crippen LogP contribution in [-0.2, 0) is 6.18 Å². The SMILES string of the molecule is Cc1c(N=C=S)cnc(C#N)c1C(F)(F)F. The third-order valence-electron chi connectivity index (χ3n) is 1.87. The maximum Gasteiger partial charge on any atom is 0.419 e. The third-order valence-corrected chi connectivity index (χ3v) is 1.96. The van der Waals surface area contributed by atoms with Crippen LogP contribution in [0.1, 0.15) is 16.8 Å². The van der Waals surface area contributed by atoms with Gasteiger partial charge in [0.15, 0.2) is 5.69 Å². The average molecular weight is 243 g/mol. The van der Waals surface area contributed by atoms with E-state index in [0.29, 0.717) is 0 Å². The first-order valence-electron chi connectivity index (χ1n) is 3.96. The van der Waals surface area contributed by atoms with Gasteiger partial charge in [0, 0.05) is 0 Å². The van der Waals surface area contributed by atoms with E-state index in [1.54, 1.807) is 0 Å². The van der Waals surface area contributed by atoms with E-state index in [1.807, 2.05) is 5.16 Å². The predicted octanol–water partition coefficient (Wildman–Crippen LogP) is 3.01. The number of hydrogen-bond acceptors (Lipinski definition) is 4. The number of thiocarbonyl (C=S) groups is 1. The van der Waals surface area contributed by atoms with Gasteiger partial charge < -0.3 is 0 Å². The van der Waals surface area contributed by atoms with Crippen LogP contribution in [-0.4, -0.2) is 10.1 Å². The van der Waals surface area contributed by atoms with Crippen LogP contribution in [0.3, 0.4) is 0 Å². The van der Waals surface area contributed by atoms with Crippen LogP contribution in [0, 0.1) is 18.3 Å². The van der Waals surface area contributed by atoms with Crippen molar-refractivity contribution in [1.82, 2.24) is 4.98 Å². The summed E-state index contributed by atoms with van der Waals surface area (Å²) in [6.45, 7) is 1.21. The summed E-state index contributed by atoms with van der Waals surface area (Å²) in [7, 11) is 0. The molecule has 7 heteroatoms. The summed E-state index contributed by atoms with van der Waals surface area (Å²) < 4.78 is 37.9. The Morgan fingerprint density at radius 2 is 2.12 bits per heavy atom. The van der Waals surface area contributed by atoms with Gasteiger partial charge in [-0.2, -0.15) is 23.4 Å². The van der Waals surface area contributed by atoms with Crippen LogP contribution in [0.5, 0.6) is 0 Å². The molecule has 1 heterocycles. The highest BCUT2D eigenvalue weighted by Gasteiger charge is 2.37. The molecule has 0 unspecified atom stereocenters. The molecule has 1 rings (SSSR count). The Hall–Kier alpha value is -1.77. The molecule has 1 aromatic heterocycles. The van der Waals surface area contributed by atoms with E-state index in [-0.39, 0.29) is 11.3 Å². The maximum absolute atomic E-state index is 12.6. The van der Waals surface area contributed by atoms with E-state index < -0.39 is 17.4 Å². The number of alkyl halides is 3. The average Bonchev–Trinajstić information content (AvgIpc) is 2.19. The van der Waals surface area contributed by atoms with Crippen LogP contribution < -0.4 is 0 Å². The molecule has 0 atom stereocenters.